The Morgan fingerprint density at radius 2 is 1.38 bits per heavy atom. The number of aliphatic carboxylic acids is 3. The number of carboxylic acid groups (broad SMARTS) is 3. The van der Waals surface area contributed by atoms with Crippen LogP contribution in [-0.2, 0) is 33.5 Å². The first-order valence-electron chi connectivity index (χ1n) is 9.64. The average molecular weight is 461 g/mol. The summed E-state index contributed by atoms with van der Waals surface area (Å²) >= 11 is 0. The Morgan fingerprint density at radius 3 is 1.88 bits per heavy atom. The molecule has 14 nitrogen and oxygen atoms in total. The van der Waals surface area contributed by atoms with Crippen molar-refractivity contribution in [2.24, 2.45) is 0 Å². The van der Waals surface area contributed by atoms with Crippen molar-refractivity contribution in [3.8, 4) is 0 Å². The SMILES string of the molecule is CCC(=O)CC[C@H](NC(=O)CC[C@H](NC(=O)N[C@@H](CCC(=O)O)OC=O)C(=O)O)C(=O)O. The Labute approximate surface area is 182 Å². The monoisotopic (exact) mass is 461 g/mol. The van der Waals surface area contributed by atoms with E-state index in [1.54, 1.807) is 6.92 Å². The molecule has 6 N–H and O–H groups in total. The molecule has 0 aliphatic rings. The van der Waals surface area contributed by atoms with Gasteiger partial charge in [0, 0.05) is 25.7 Å². The molecule has 0 aromatic carbocycles. The Hall–Kier alpha value is -3.71. The minimum Gasteiger partial charge on any atom is -0.481 e. The van der Waals surface area contributed by atoms with E-state index in [1.807, 2.05) is 5.32 Å². The van der Waals surface area contributed by atoms with Crippen LogP contribution in [0.15, 0.2) is 0 Å². The number of rotatable bonds is 17. The van der Waals surface area contributed by atoms with Crippen LogP contribution in [0, 0.1) is 0 Å². The summed E-state index contributed by atoms with van der Waals surface area (Å²) in [5, 5.41) is 33.3. The molecule has 0 aromatic rings. The van der Waals surface area contributed by atoms with E-state index in [1.165, 1.54) is 0 Å². The fourth-order valence-corrected chi connectivity index (χ4v) is 2.38. The molecule has 0 saturated heterocycles. The van der Waals surface area contributed by atoms with Gasteiger partial charge in [-0.1, -0.05) is 6.92 Å². The molecule has 0 saturated carbocycles. The molecule has 0 bridgehead atoms. The highest BCUT2D eigenvalue weighted by atomic mass is 16.5. The van der Waals surface area contributed by atoms with Crippen LogP contribution in [0.5, 0.6) is 0 Å². The number of hydrogen-bond acceptors (Lipinski definition) is 8. The predicted molar refractivity (Wildman–Crippen MR) is 104 cm³/mol. The smallest absolute Gasteiger partial charge is 0.326 e. The van der Waals surface area contributed by atoms with Crippen LogP contribution < -0.4 is 16.0 Å². The van der Waals surface area contributed by atoms with Crippen LogP contribution in [0.25, 0.3) is 0 Å². The quantitative estimate of drug-likeness (QED) is 0.116. The molecule has 0 radical (unpaired) electrons. The maximum Gasteiger partial charge on any atom is 0.326 e. The zero-order chi connectivity index (χ0) is 24.7. The van der Waals surface area contributed by atoms with Crippen molar-refractivity contribution in [3.63, 3.8) is 0 Å². The van der Waals surface area contributed by atoms with Crippen molar-refractivity contribution < 1.29 is 53.6 Å². The maximum absolute atomic E-state index is 12.0. The minimum absolute atomic E-state index is 0.0151. The molecular formula is C18H27N3O11. The number of ketones is 1. The van der Waals surface area contributed by atoms with E-state index < -0.39 is 67.4 Å². The number of ether oxygens (including phenoxy) is 1. The van der Waals surface area contributed by atoms with Gasteiger partial charge >= 0.3 is 23.9 Å². The molecule has 0 heterocycles. The summed E-state index contributed by atoms with van der Waals surface area (Å²) in [7, 11) is 0. The molecule has 0 aliphatic heterocycles. The van der Waals surface area contributed by atoms with Gasteiger partial charge in [-0.25, -0.2) is 14.4 Å². The summed E-state index contributed by atoms with van der Waals surface area (Å²) in [6, 6.07) is -3.97. The summed E-state index contributed by atoms with van der Waals surface area (Å²) < 4.78 is 4.51. The fraction of sp³-hybridized carbons (Fsp3) is 0.611. The third-order valence-electron chi connectivity index (χ3n) is 4.14. The number of amides is 3. The average Bonchev–Trinajstić information content (AvgIpc) is 2.71. The first-order chi connectivity index (χ1) is 15.0. The molecule has 180 valence electrons. The lowest BCUT2D eigenvalue weighted by atomic mass is 10.1. The molecule has 3 atom stereocenters. The van der Waals surface area contributed by atoms with Crippen molar-refractivity contribution in [3.05, 3.63) is 0 Å². The molecule has 32 heavy (non-hydrogen) atoms. The molecule has 0 aromatic heterocycles. The zero-order valence-corrected chi connectivity index (χ0v) is 17.4. The molecule has 0 spiro atoms. The van der Waals surface area contributed by atoms with Gasteiger partial charge in [-0.2, -0.15) is 0 Å². The van der Waals surface area contributed by atoms with Gasteiger partial charge in [0.25, 0.3) is 6.47 Å². The second-order valence-corrected chi connectivity index (χ2v) is 6.59. The summed E-state index contributed by atoms with van der Waals surface area (Å²) in [5.74, 6) is -5.02. The largest absolute Gasteiger partial charge is 0.481 e. The summed E-state index contributed by atoms with van der Waals surface area (Å²) in [4.78, 5) is 78.9. The lowest BCUT2D eigenvalue weighted by molar-refractivity contribution is -0.143. The number of hydrogen-bond donors (Lipinski definition) is 6. The molecular weight excluding hydrogens is 434 g/mol. The Balaban J connectivity index is 4.76. The summed E-state index contributed by atoms with van der Waals surface area (Å²) in [6.45, 7) is 1.60. The van der Waals surface area contributed by atoms with Gasteiger partial charge in [-0.3, -0.25) is 19.2 Å². The van der Waals surface area contributed by atoms with Crippen molar-refractivity contribution in [1.82, 2.24) is 16.0 Å². The second kappa shape index (κ2) is 15.1. The Bertz CT molecular complexity index is 710. The van der Waals surface area contributed by atoms with Gasteiger partial charge in [-0.05, 0) is 12.8 Å². The van der Waals surface area contributed by atoms with Crippen LogP contribution in [0.2, 0.25) is 0 Å². The lowest BCUT2D eigenvalue weighted by Crippen LogP contribution is -2.50. The molecule has 0 aliphatic carbocycles. The number of nitrogens with one attached hydrogen (secondary N) is 3. The first-order valence-corrected chi connectivity index (χ1v) is 9.64. The highest BCUT2D eigenvalue weighted by Gasteiger charge is 2.25. The highest BCUT2D eigenvalue weighted by Crippen LogP contribution is 2.04. The molecule has 3 amide bonds. The normalized spacial score (nSPS) is 13.0. The topological polar surface area (TPSA) is 225 Å². The van der Waals surface area contributed by atoms with Crippen molar-refractivity contribution in [1.29, 1.82) is 0 Å². The van der Waals surface area contributed by atoms with Crippen molar-refractivity contribution >= 4 is 42.1 Å². The minimum atomic E-state index is -1.55. The molecule has 0 rings (SSSR count). The van der Waals surface area contributed by atoms with Gasteiger partial charge < -0.3 is 36.0 Å². The number of urea groups is 1. The number of carbonyl (C=O) groups is 7. The Morgan fingerprint density at radius 1 is 0.812 bits per heavy atom. The van der Waals surface area contributed by atoms with Crippen LogP contribution in [-0.4, -0.2) is 75.7 Å². The van der Waals surface area contributed by atoms with Crippen LogP contribution in [0.1, 0.15) is 51.9 Å². The molecule has 14 heteroatoms. The van der Waals surface area contributed by atoms with Gasteiger partial charge in [0.2, 0.25) is 5.91 Å². The van der Waals surface area contributed by atoms with E-state index in [-0.39, 0.29) is 37.9 Å². The van der Waals surface area contributed by atoms with Gasteiger partial charge in [0.05, 0.1) is 6.42 Å². The van der Waals surface area contributed by atoms with E-state index in [0.717, 1.165) is 0 Å². The third-order valence-corrected chi connectivity index (χ3v) is 4.14. The standard InChI is InChI=1S/C18H27N3O11/c1-2-10(23)3-4-11(16(27)28)19-13(24)6-5-12(17(29)30)20-18(31)21-14(32-9-22)7-8-15(25)26/h9,11-12,14H,2-8H2,1H3,(H,19,24)(H,25,26)(H,27,28)(H,29,30)(H2,20,21,31)/t11-,12-,14+/m0/s1. The first kappa shape index (κ1) is 28.3. The second-order valence-electron chi connectivity index (χ2n) is 6.59. The number of Topliss-reactive ketones (excluding diaryl/α,β-unsaturated/α-hetero) is 1. The molecule has 0 unspecified atom stereocenters. The van der Waals surface area contributed by atoms with Crippen molar-refractivity contribution in [2.75, 3.05) is 0 Å². The van der Waals surface area contributed by atoms with Gasteiger partial charge in [0.1, 0.15) is 17.9 Å². The van der Waals surface area contributed by atoms with E-state index in [0.29, 0.717) is 0 Å². The Kier molecular flexibility index (Phi) is 13.4. The van der Waals surface area contributed by atoms with Crippen LogP contribution in [0.4, 0.5) is 4.79 Å². The van der Waals surface area contributed by atoms with E-state index in [2.05, 4.69) is 15.4 Å². The molecule has 0 fully saturated rings. The predicted octanol–water partition coefficient (Wildman–Crippen LogP) is -0.788. The fourth-order valence-electron chi connectivity index (χ4n) is 2.38. The van der Waals surface area contributed by atoms with E-state index in [4.69, 9.17) is 10.2 Å². The van der Waals surface area contributed by atoms with Gasteiger partial charge in [-0.15, -0.1) is 0 Å². The van der Waals surface area contributed by atoms with Crippen LogP contribution in [0.3, 0.4) is 0 Å². The number of carbonyl (C=O) groups excluding carboxylic acids is 4. The maximum atomic E-state index is 12.0. The third kappa shape index (κ3) is 12.8. The van der Waals surface area contributed by atoms with Crippen LogP contribution >= 0.6 is 0 Å². The number of carboxylic acids is 3. The summed E-state index contributed by atoms with van der Waals surface area (Å²) in [5.41, 5.74) is 0. The van der Waals surface area contributed by atoms with Crippen molar-refractivity contribution in [2.45, 2.75) is 70.2 Å². The van der Waals surface area contributed by atoms with Gasteiger partial charge in [0.15, 0.2) is 6.23 Å². The lowest BCUT2D eigenvalue weighted by Gasteiger charge is -2.20. The van der Waals surface area contributed by atoms with E-state index in [9.17, 15) is 38.7 Å². The zero-order valence-electron chi connectivity index (χ0n) is 17.4. The van der Waals surface area contributed by atoms with E-state index >= 15 is 0 Å². The highest BCUT2D eigenvalue weighted by molar-refractivity contribution is 5.86. The summed E-state index contributed by atoms with van der Waals surface area (Å²) in [6.07, 6.45) is -2.80.